The van der Waals surface area contributed by atoms with Crippen LogP contribution in [0.5, 0.6) is 0 Å². The number of hydrogen-bond donors (Lipinski definition) is 1. The van der Waals surface area contributed by atoms with E-state index < -0.39 is 10.0 Å². The Kier molecular flexibility index (Phi) is 6.48. The van der Waals surface area contributed by atoms with Gasteiger partial charge in [-0.05, 0) is 73.4 Å². The highest BCUT2D eigenvalue weighted by atomic mass is 32.2. The van der Waals surface area contributed by atoms with Crippen LogP contribution in [0.1, 0.15) is 33.1 Å². The molecule has 2 aromatic rings. The Morgan fingerprint density at radius 1 is 1.06 bits per heavy atom. The molecule has 2 aromatic carbocycles. The molecule has 0 radical (unpaired) electrons. The normalized spacial score (nSPS) is 17.7. The van der Waals surface area contributed by atoms with E-state index >= 15 is 0 Å². The smallest absolute Gasteiger partial charge is 0.261 e. The zero-order valence-corrected chi connectivity index (χ0v) is 19.6. The van der Waals surface area contributed by atoms with Gasteiger partial charge in [0, 0.05) is 42.8 Å². The van der Waals surface area contributed by atoms with Crippen molar-refractivity contribution in [3.05, 3.63) is 42.5 Å². The minimum absolute atomic E-state index is 0.0750. The standard InChI is InChI=1S/C23H29N3O3S2/c1-17-10-13-25(14-11-17)20-6-4-19(5-7-20)24-31(28,29)21-8-9-23-22(16-21)26(18(2)27)12-3-15-30-23/h4-9,16-17,24H,3,10-15H2,1-2H3. The van der Waals surface area contributed by atoms with Crippen LogP contribution >= 0.6 is 11.8 Å². The molecule has 0 spiro atoms. The van der Waals surface area contributed by atoms with E-state index in [4.69, 9.17) is 0 Å². The lowest BCUT2D eigenvalue weighted by Gasteiger charge is -2.32. The first kappa shape index (κ1) is 22.0. The highest BCUT2D eigenvalue weighted by Gasteiger charge is 2.23. The predicted molar refractivity (Wildman–Crippen MR) is 128 cm³/mol. The number of thioether (sulfide) groups is 1. The second-order valence-electron chi connectivity index (χ2n) is 8.32. The Balaban J connectivity index is 1.53. The summed E-state index contributed by atoms with van der Waals surface area (Å²) in [5, 5.41) is 0. The van der Waals surface area contributed by atoms with E-state index in [0.29, 0.717) is 17.9 Å². The van der Waals surface area contributed by atoms with Crippen LogP contribution in [0.15, 0.2) is 52.3 Å². The molecule has 0 aliphatic carbocycles. The number of anilines is 3. The number of carbonyl (C=O) groups excluding carboxylic acids is 1. The van der Waals surface area contributed by atoms with Crippen LogP contribution in [0.3, 0.4) is 0 Å². The van der Waals surface area contributed by atoms with Crippen molar-refractivity contribution in [2.75, 3.05) is 39.9 Å². The fourth-order valence-corrected chi connectivity index (χ4v) is 6.12. The lowest BCUT2D eigenvalue weighted by atomic mass is 9.99. The quantitative estimate of drug-likeness (QED) is 0.725. The van der Waals surface area contributed by atoms with Crippen LogP contribution < -0.4 is 14.5 Å². The van der Waals surface area contributed by atoms with E-state index in [-0.39, 0.29) is 10.8 Å². The third kappa shape index (κ3) is 5.01. The molecule has 0 unspecified atom stereocenters. The molecule has 2 heterocycles. The minimum atomic E-state index is -3.76. The van der Waals surface area contributed by atoms with E-state index in [9.17, 15) is 13.2 Å². The summed E-state index contributed by atoms with van der Waals surface area (Å²) in [7, 11) is -3.76. The lowest BCUT2D eigenvalue weighted by Crippen LogP contribution is -2.32. The molecule has 1 amide bonds. The van der Waals surface area contributed by atoms with Crippen LogP contribution in [0.4, 0.5) is 17.1 Å². The number of benzene rings is 2. The number of nitrogens with one attached hydrogen (secondary N) is 1. The predicted octanol–water partition coefficient (Wildman–Crippen LogP) is 4.57. The van der Waals surface area contributed by atoms with Crippen LogP contribution in [-0.4, -0.2) is 39.7 Å². The van der Waals surface area contributed by atoms with Gasteiger partial charge in [0.25, 0.3) is 10.0 Å². The Morgan fingerprint density at radius 3 is 2.45 bits per heavy atom. The van der Waals surface area contributed by atoms with E-state index in [1.807, 2.05) is 24.3 Å². The van der Waals surface area contributed by atoms with Gasteiger partial charge < -0.3 is 9.80 Å². The van der Waals surface area contributed by atoms with Crippen LogP contribution in [0.2, 0.25) is 0 Å². The zero-order chi connectivity index (χ0) is 22.0. The van der Waals surface area contributed by atoms with Crippen LogP contribution in [-0.2, 0) is 14.8 Å². The van der Waals surface area contributed by atoms with E-state index in [1.165, 1.54) is 19.8 Å². The number of piperidine rings is 1. The summed E-state index contributed by atoms with van der Waals surface area (Å²) in [4.78, 5) is 17.2. The maximum absolute atomic E-state index is 13.0. The number of carbonyl (C=O) groups is 1. The minimum Gasteiger partial charge on any atom is -0.372 e. The van der Waals surface area contributed by atoms with Crippen molar-refractivity contribution >= 4 is 44.8 Å². The van der Waals surface area contributed by atoms with Gasteiger partial charge >= 0.3 is 0 Å². The third-order valence-electron chi connectivity index (χ3n) is 5.96. The van der Waals surface area contributed by atoms with Gasteiger partial charge in [0.1, 0.15) is 0 Å². The van der Waals surface area contributed by atoms with Gasteiger partial charge in [0.2, 0.25) is 5.91 Å². The largest absolute Gasteiger partial charge is 0.372 e. The SMILES string of the molecule is CC(=O)N1CCCSc2ccc(S(=O)(=O)Nc3ccc(N4CCC(C)CC4)cc3)cc21. The van der Waals surface area contributed by atoms with Gasteiger partial charge in [0.05, 0.1) is 10.6 Å². The van der Waals surface area contributed by atoms with Crippen molar-refractivity contribution < 1.29 is 13.2 Å². The van der Waals surface area contributed by atoms with Gasteiger partial charge in [-0.2, -0.15) is 0 Å². The molecule has 0 saturated carbocycles. The molecule has 0 aromatic heterocycles. The summed E-state index contributed by atoms with van der Waals surface area (Å²) < 4.78 is 28.8. The maximum Gasteiger partial charge on any atom is 0.261 e. The molecule has 0 bridgehead atoms. The summed E-state index contributed by atoms with van der Waals surface area (Å²) in [6.07, 6.45) is 3.24. The van der Waals surface area contributed by atoms with E-state index in [0.717, 1.165) is 41.8 Å². The van der Waals surface area contributed by atoms with E-state index in [1.54, 1.807) is 34.9 Å². The average molecular weight is 460 g/mol. The number of amides is 1. The Labute approximate surface area is 189 Å². The molecule has 1 fully saturated rings. The first-order valence-corrected chi connectivity index (χ1v) is 13.2. The van der Waals surface area contributed by atoms with Crippen molar-refractivity contribution in [3.8, 4) is 0 Å². The van der Waals surface area contributed by atoms with Crippen molar-refractivity contribution in [2.24, 2.45) is 5.92 Å². The molecular weight excluding hydrogens is 430 g/mol. The molecule has 4 rings (SSSR count). The number of sulfonamides is 1. The Hall–Kier alpha value is -2.19. The van der Waals surface area contributed by atoms with Crippen molar-refractivity contribution in [2.45, 2.75) is 42.9 Å². The summed E-state index contributed by atoms with van der Waals surface area (Å²) in [6, 6.07) is 12.6. The number of rotatable bonds is 4. The Morgan fingerprint density at radius 2 is 1.77 bits per heavy atom. The van der Waals surface area contributed by atoms with Gasteiger partial charge in [0.15, 0.2) is 0 Å². The highest BCUT2D eigenvalue weighted by Crippen LogP contribution is 2.36. The number of fused-ring (bicyclic) bond motifs is 1. The van der Waals surface area contributed by atoms with Gasteiger partial charge in [-0.25, -0.2) is 8.42 Å². The molecule has 1 saturated heterocycles. The molecule has 8 heteroatoms. The average Bonchev–Trinajstić information content (AvgIpc) is 2.97. The molecule has 0 atom stereocenters. The lowest BCUT2D eigenvalue weighted by molar-refractivity contribution is -0.116. The molecule has 2 aliphatic heterocycles. The summed E-state index contributed by atoms with van der Waals surface area (Å²) >= 11 is 1.66. The van der Waals surface area contributed by atoms with Crippen LogP contribution in [0, 0.1) is 5.92 Å². The first-order chi connectivity index (χ1) is 14.8. The molecule has 6 nitrogen and oxygen atoms in total. The van der Waals surface area contributed by atoms with Crippen molar-refractivity contribution in [1.82, 2.24) is 0 Å². The summed E-state index contributed by atoms with van der Waals surface area (Å²) in [5.41, 5.74) is 2.32. The monoisotopic (exact) mass is 459 g/mol. The molecule has 166 valence electrons. The Bertz CT molecular complexity index is 1050. The van der Waals surface area contributed by atoms with Gasteiger partial charge in [-0.1, -0.05) is 6.92 Å². The third-order valence-corrected chi connectivity index (χ3v) is 8.49. The fraction of sp³-hybridized carbons (Fsp3) is 0.435. The van der Waals surface area contributed by atoms with Crippen molar-refractivity contribution in [1.29, 1.82) is 0 Å². The molecule has 31 heavy (non-hydrogen) atoms. The first-order valence-electron chi connectivity index (χ1n) is 10.8. The topological polar surface area (TPSA) is 69.7 Å². The molecule has 1 N–H and O–H groups in total. The van der Waals surface area contributed by atoms with Crippen LogP contribution in [0.25, 0.3) is 0 Å². The zero-order valence-electron chi connectivity index (χ0n) is 18.0. The van der Waals surface area contributed by atoms with Crippen molar-refractivity contribution in [3.63, 3.8) is 0 Å². The fourth-order valence-electron chi connectivity index (χ4n) is 4.07. The highest BCUT2D eigenvalue weighted by molar-refractivity contribution is 7.99. The van der Waals surface area contributed by atoms with E-state index in [2.05, 4.69) is 16.5 Å². The number of hydrogen-bond acceptors (Lipinski definition) is 5. The van der Waals surface area contributed by atoms with Gasteiger partial charge in [-0.3, -0.25) is 9.52 Å². The molecule has 2 aliphatic rings. The van der Waals surface area contributed by atoms with Gasteiger partial charge in [-0.15, -0.1) is 11.8 Å². The summed E-state index contributed by atoms with van der Waals surface area (Å²) in [6.45, 7) is 6.47. The molecular formula is C23H29N3O3S2. The maximum atomic E-state index is 13.0. The number of nitrogens with zero attached hydrogens (tertiary/aromatic N) is 2. The summed E-state index contributed by atoms with van der Waals surface area (Å²) in [5.74, 6) is 1.60. The second-order valence-corrected chi connectivity index (χ2v) is 11.1. The second kappa shape index (κ2) is 9.12.